The molecular formula is C16H18N2O2. The molecule has 0 unspecified atom stereocenters. The molecule has 20 heavy (non-hydrogen) atoms. The zero-order valence-corrected chi connectivity index (χ0v) is 11.4. The maximum atomic E-state index is 11.6. The van der Waals surface area contributed by atoms with Gasteiger partial charge in [0, 0.05) is 5.69 Å². The van der Waals surface area contributed by atoms with E-state index in [0.29, 0.717) is 13.2 Å². The minimum atomic E-state index is -0.233. The summed E-state index contributed by atoms with van der Waals surface area (Å²) >= 11 is 0. The van der Waals surface area contributed by atoms with Crippen molar-refractivity contribution in [2.75, 3.05) is 18.5 Å². The number of nitrogens with one attached hydrogen (secondary N) is 2. The molecule has 2 aromatic carbocycles. The first-order valence-corrected chi connectivity index (χ1v) is 6.53. The van der Waals surface area contributed by atoms with Crippen molar-refractivity contribution in [3.63, 3.8) is 0 Å². The lowest BCUT2D eigenvalue weighted by atomic mass is 10.2. The molecule has 0 aliphatic carbocycles. The molecule has 0 fully saturated rings. The van der Waals surface area contributed by atoms with Crippen LogP contribution in [0.3, 0.4) is 0 Å². The van der Waals surface area contributed by atoms with E-state index in [0.717, 1.165) is 11.4 Å². The molecule has 2 rings (SSSR count). The summed E-state index contributed by atoms with van der Waals surface area (Å²) in [5, 5.41) is 5.48. The molecule has 4 nitrogen and oxygen atoms in total. The van der Waals surface area contributed by atoms with E-state index in [1.54, 1.807) is 0 Å². The van der Waals surface area contributed by atoms with E-state index in [4.69, 9.17) is 4.74 Å². The quantitative estimate of drug-likeness (QED) is 0.820. The average Bonchev–Trinajstić information content (AvgIpc) is 2.46. The van der Waals surface area contributed by atoms with Crippen molar-refractivity contribution >= 4 is 11.7 Å². The number of carbonyl (C=O) groups excluding carboxylic acids is 1. The Morgan fingerprint density at radius 1 is 1.05 bits per heavy atom. The largest absolute Gasteiger partial charge is 0.492 e. The highest BCUT2D eigenvalue weighted by Crippen LogP contribution is 2.10. The molecular weight excluding hydrogens is 252 g/mol. The standard InChI is InChI=1S/C16H18N2O2/c1-13-7-9-15(10-8-13)20-12-11-17-16(19)18-14-5-3-2-4-6-14/h2-10H,11-12H2,1H3,(H2,17,18,19). The molecule has 104 valence electrons. The van der Waals surface area contributed by atoms with Gasteiger partial charge in [-0.05, 0) is 31.2 Å². The summed E-state index contributed by atoms with van der Waals surface area (Å²) in [5.41, 5.74) is 1.96. The van der Waals surface area contributed by atoms with E-state index < -0.39 is 0 Å². The van der Waals surface area contributed by atoms with Gasteiger partial charge in [-0.25, -0.2) is 4.79 Å². The Hall–Kier alpha value is -2.49. The maximum absolute atomic E-state index is 11.6. The van der Waals surface area contributed by atoms with Gasteiger partial charge in [-0.2, -0.15) is 0 Å². The fourth-order valence-electron chi connectivity index (χ4n) is 1.66. The van der Waals surface area contributed by atoms with Crippen LogP contribution in [0.4, 0.5) is 10.5 Å². The predicted octanol–water partition coefficient (Wildman–Crippen LogP) is 3.20. The number of anilines is 1. The van der Waals surface area contributed by atoms with E-state index >= 15 is 0 Å². The van der Waals surface area contributed by atoms with Crippen molar-refractivity contribution in [1.82, 2.24) is 5.32 Å². The predicted molar refractivity (Wildman–Crippen MR) is 80.1 cm³/mol. The zero-order chi connectivity index (χ0) is 14.2. The fraction of sp³-hybridized carbons (Fsp3) is 0.188. The van der Waals surface area contributed by atoms with Crippen molar-refractivity contribution in [2.24, 2.45) is 0 Å². The number of aryl methyl sites for hydroxylation is 1. The van der Waals surface area contributed by atoms with E-state index in [-0.39, 0.29) is 6.03 Å². The highest BCUT2D eigenvalue weighted by Gasteiger charge is 2.00. The lowest BCUT2D eigenvalue weighted by Crippen LogP contribution is -2.32. The third-order valence-electron chi connectivity index (χ3n) is 2.71. The molecule has 2 aromatic rings. The SMILES string of the molecule is Cc1ccc(OCCNC(=O)Nc2ccccc2)cc1. The molecule has 0 saturated heterocycles. The number of para-hydroxylation sites is 1. The smallest absolute Gasteiger partial charge is 0.319 e. The molecule has 0 heterocycles. The van der Waals surface area contributed by atoms with Crippen LogP contribution in [0.15, 0.2) is 54.6 Å². The number of carbonyl (C=O) groups is 1. The van der Waals surface area contributed by atoms with E-state index in [1.807, 2.05) is 61.5 Å². The third-order valence-corrected chi connectivity index (χ3v) is 2.71. The van der Waals surface area contributed by atoms with Gasteiger partial charge in [-0.15, -0.1) is 0 Å². The molecule has 2 N–H and O–H groups in total. The molecule has 0 aliphatic rings. The molecule has 0 aliphatic heterocycles. The topological polar surface area (TPSA) is 50.4 Å². The molecule has 4 heteroatoms. The van der Waals surface area contributed by atoms with Gasteiger partial charge in [0.1, 0.15) is 12.4 Å². The second-order valence-corrected chi connectivity index (χ2v) is 4.41. The van der Waals surface area contributed by atoms with Crippen molar-refractivity contribution in [3.05, 3.63) is 60.2 Å². The first-order valence-electron chi connectivity index (χ1n) is 6.53. The van der Waals surface area contributed by atoms with Crippen LogP contribution < -0.4 is 15.4 Å². The van der Waals surface area contributed by atoms with Gasteiger partial charge in [0.2, 0.25) is 0 Å². The Balaban J connectivity index is 1.66. The van der Waals surface area contributed by atoms with Crippen LogP contribution in [0.1, 0.15) is 5.56 Å². The van der Waals surface area contributed by atoms with Gasteiger partial charge in [0.05, 0.1) is 6.54 Å². The highest BCUT2D eigenvalue weighted by atomic mass is 16.5. The third kappa shape index (κ3) is 4.65. The van der Waals surface area contributed by atoms with Crippen molar-refractivity contribution in [2.45, 2.75) is 6.92 Å². The summed E-state index contributed by atoms with van der Waals surface area (Å²) in [6.07, 6.45) is 0. The first kappa shape index (κ1) is 13.9. The monoisotopic (exact) mass is 270 g/mol. The summed E-state index contributed by atoms with van der Waals surface area (Å²) in [6.45, 7) is 2.91. The van der Waals surface area contributed by atoms with Gasteiger partial charge < -0.3 is 15.4 Å². The number of benzene rings is 2. The summed E-state index contributed by atoms with van der Waals surface area (Å²) in [6, 6.07) is 16.9. The fourth-order valence-corrected chi connectivity index (χ4v) is 1.66. The molecule has 0 spiro atoms. The minimum Gasteiger partial charge on any atom is -0.492 e. The Labute approximate surface area is 118 Å². The number of rotatable bonds is 5. The number of ether oxygens (including phenoxy) is 1. The van der Waals surface area contributed by atoms with Crippen LogP contribution in [0.5, 0.6) is 5.75 Å². The Morgan fingerprint density at radius 2 is 1.75 bits per heavy atom. The van der Waals surface area contributed by atoms with Crippen molar-refractivity contribution in [3.8, 4) is 5.75 Å². The van der Waals surface area contributed by atoms with Crippen LogP contribution >= 0.6 is 0 Å². The lowest BCUT2D eigenvalue weighted by molar-refractivity contribution is 0.247. The number of amides is 2. The number of hydrogen-bond acceptors (Lipinski definition) is 2. The van der Waals surface area contributed by atoms with Gasteiger partial charge in [-0.1, -0.05) is 35.9 Å². The first-order chi connectivity index (χ1) is 9.74. The highest BCUT2D eigenvalue weighted by molar-refractivity contribution is 5.89. The summed E-state index contributed by atoms with van der Waals surface area (Å²) < 4.78 is 5.52. The van der Waals surface area contributed by atoms with E-state index in [9.17, 15) is 4.79 Å². The van der Waals surface area contributed by atoms with Gasteiger partial charge in [0.25, 0.3) is 0 Å². The Bertz CT molecular complexity index is 538. The Kier molecular flexibility index (Phi) is 5.00. The van der Waals surface area contributed by atoms with Crippen LogP contribution in [-0.4, -0.2) is 19.2 Å². The average molecular weight is 270 g/mol. The number of urea groups is 1. The van der Waals surface area contributed by atoms with Crippen molar-refractivity contribution in [1.29, 1.82) is 0 Å². The molecule has 0 radical (unpaired) electrons. The van der Waals surface area contributed by atoms with Gasteiger partial charge >= 0.3 is 6.03 Å². The second-order valence-electron chi connectivity index (χ2n) is 4.41. The number of hydrogen-bond donors (Lipinski definition) is 2. The molecule has 0 aromatic heterocycles. The summed E-state index contributed by atoms with van der Waals surface area (Å²) in [7, 11) is 0. The molecule has 0 bridgehead atoms. The summed E-state index contributed by atoms with van der Waals surface area (Å²) in [5.74, 6) is 0.806. The second kappa shape index (κ2) is 7.19. The molecule has 0 atom stereocenters. The van der Waals surface area contributed by atoms with Crippen LogP contribution in [0.25, 0.3) is 0 Å². The van der Waals surface area contributed by atoms with E-state index in [2.05, 4.69) is 10.6 Å². The van der Waals surface area contributed by atoms with Crippen LogP contribution in [0, 0.1) is 6.92 Å². The molecule has 2 amide bonds. The minimum absolute atomic E-state index is 0.233. The Morgan fingerprint density at radius 3 is 2.45 bits per heavy atom. The van der Waals surface area contributed by atoms with Gasteiger partial charge in [-0.3, -0.25) is 0 Å². The van der Waals surface area contributed by atoms with Crippen molar-refractivity contribution < 1.29 is 9.53 Å². The zero-order valence-electron chi connectivity index (χ0n) is 11.4. The molecule has 0 saturated carbocycles. The normalized spacial score (nSPS) is 9.85. The van der Waals surface area contributed by atoms with Gasteiger partial charge in [0.15, 0.2) is 0 Å². The lowest BCUT2D eigenvalue weighted by Gasteiger charge is -2.09. The maximum Gasteiger partial charge on any atom is 0.319 e. The van der Waals surface area contributed by atoms with Crippen LogP contribution in [-0.2, 0) is 0 Å². The van der Waals surface area contributed by atoms with Crippen LogP contribution in [0.2, 0.25) is 0 Å². The summed E-state index contributed by atoms with van der Waals surface area (Å²) in [4.78, 5) is 11.6. The van der Waals surface area contributed by atoms with E-state index in [1.165, 1.54) is 5.56 Å².